The number of primary amides is 1. The summed E-state index contributed by atoms with van der Waals surface area (Å²) in [4.78, 5) is 19.8. The van der Waals surface area contributed by atoms with Gasteiger partial charge in [-0.3, -0.25) is 4.79 Å². The molecule has 0 aromatic carbocycles. The zero-order valence-corrected chi connectivity index (χ0v) is 5.26. The predicted octanol–water partition coefficient (Wildman–Crippen LogP) is -0.114. The summed E-state index contributed by atoms with van der Waals surface area (Å²) in [5, 5.41) is 0. The SMILES string of the molecule is C[C@H](C=C=O)CC(N)=O. The zero-order chi connectivity index (χ0) is 7.28. The Balaban J connectivity index is 3.62. The summed E-state index contributed by atoms with van der Waals surface area (Å²) >= 11 is 0. The summed E-state index contributed by atoms with van der Waals surface area (Å²) in [5.41, 5.74) is 4.83. The van der Waals surface area contributed by atoms with Crippen LogP contribution in [0.5, 0.6) is 0 Å². The van der Waals surface area contributed by atoms with Crippen LogP contribution in [0, 0.1) is 5.92 Å². The summed E-state index contributed by atoms with van der Waals surface area (Å²) in [7, 11) is 0. The Morgan fingerprint density at radius 2 is 2.44 bits per heavy atom. The summed E-state index contributed by atoms with van der Waals surface area (Å²) in [6.07, 6.45) is 1.50. The second-order valence-corrected chi connectivity index (χ2v) is 1.93. The topological polar surface area (TPSA) is 60.2 Å². The maximum atomic E-state index is 10.2. The van der Waals surface area contributed by atoms with Crippen molar-refractivity contribution in [3.63, 3.8) is 0 Å². The molecule has 9 heavy (non-hydrogen) atoms. The lowest BCUT2D eigenvalue weighted by Gasteiger charge is -1.96. The first-order valence-corrected chi connectivity index (χ1v) is 2.66. The van der Waals surface area contributed by atoms with Gasteiger partial charge < -0.3 is 5.73 Å². The highest BCUT2D eigenvalue weighted by atomic mass is 16.1. The van der Waals surface area contributed by atoms with Gasteiger partial charge >= 0.3 is 0 Å². The highest BCUT2D eigenvalue weighted by Gasteiger charge is 2.00. The van der Waals surface area contributed by atoms with Gasteiger partial charge in [-0.1, -0.05) is 6.92 Å². The fourth-order valence-electron chi connectivity index (χ4n) is 0.492. The lowest BCUT2D eigenvalue weighted by atomic mass is 10.1. The standard InChI is InChI=1S/C6H9NO2/c1-5(2-3-8)4-6(7)9/h2,5H,4H2,1H3,(H2,7,9)/t5-/m1/s1. The number of hydrogen-bond donors (Lipinski definition) is 1. The molecule has 0 heterocycles. The van der Waals surface area contributed by atoms with Gasteiger partial charge in [0.15, 0.2) is 0 Å². The van der Waals surface area contributed by atoms with Crippen molar-refractivity contribution in [2.75, 3.05) is 0 Å². The third-order valence-electron chi connectivity index (χ3n) is 0.876. The molecular weight excluding hydrogens is 118 g/mol. The second kappa shape index (κ2) is 3.87. The minimum absolute atomic E-state index is 0.0833. The number of carbonyl (C=O) groups is 1. The van der Waals surface area contributed by atoms with E-state index in [9.17, 15) is 9.59 Å². The molecule has 50 valence electrons. The van der Waals surface area contributed by atoms with Crippen molar-refractivity contribution in [2.24, 2.45) is 11.7 Å². The van der Waals surface area contributed by atoms with Gasteiger partial charge in [0.25, 0.3) is 0 Å². The first kappa shape index (κ1) is 7.92. The maximum absolute atomic E-state index is 10.2. The summed E-state index contributed by atoms with van der Waals surface area (Å²) in [6.45, 7) is 1.73. The van der Waals surface area contributed by atoms with Crippen LogP contribution in [0.15, 0.2) is 6.08 Å². The molecule has 0 aliphatic rings. The molecule has 0 spiro atoms. The summed E-state index contributed by atoms with van der Waals surface area (Å²) in [5.74, 6) is 1.11. The molecule has 0 radical (unpaired) electrons. The van der Waals surface area contributed by atoms with Crippen molar-refractivity contribution in [2.45, 2.75) is 13.3 Å². The maximum Gasteiger partial charge on any atom is 0.218 e. The number of rotatable bonds is 3. The van der Waals surface area contributed by atoms with Gasteiger partial charge in [0.05, 0.1) is 0 Å². The molecule has 0 saturated carbocycles. The number of amides is 1. The molecule has 0 aromatic rings. The number of nitrogens with two attached hydrogens (primary N) is 1. The van der Waals surface area contributed by atoms with Crippen molar-refractivity contribution >= 4 is 11.8 Å². The van der Waals surface area contributed by atoms with Crippen LogP contribution in [0.25, 0.3) is 0 Å². The normalized spacial score (nSPS) is 11.7. The van der Waals surface area contributed by atoms with E-state index in [1.807, 2.05) is 0 Å². The Kier molecular flexibility index (Phi) is 3.40. The van der Waals surface area contributed by atoms with E-state index in [1.54, 1.807) is 12.9 Å². The minimum Gasteiger partial charge on any atom is -0.370 e. The molecule has 1 amide bonds. The third-order valence-corrected chi connectivity index (χ3v) is 0.876. The summed E-state index contributed by atoms with van der Waals surface area (Å²) < 4.78 is 0. The van der Waals surface area contributed by atoms with Crippen LogP contribution < -0.4 is 5.73 Å². The van der Waals surface area contributed by atoms with Gasteiger partial charge in [0.1, 0.15) is 5.94 Å². The average molecular weight is 127 g/mol. The zero-order valence-electron chi connectivity index (χ0n) is 5.26. The quantitative estimate of drug-likeness (QED) is 0.537. The molecule has 0 aliphatic carbocycles. The lowest BCUT2D eigenvalue weighted by Crippen LogP contribution is -2.13. The van der Waals surface area contributed by atoms with Crippen molar-refractivity contribution in [1.29, 1.82) is 0 Å². The van der Waals surface area contributed by atoms with E-state index < -0.39 is 5.91 Å². The van der Waals surface area contributed by atoms with Gasteiger partial charge in [-0.05, 0) is 5.92 Å². The second-order valence-electron chi connectivity index (χ2n) is 1.93. The van der Waals surface area contributed by atoms with Gasteiger partial charge in [-0.2, -0.15) is 0 Å². The van der Waals surface area contributed by atoms with Crippen molar-refractivity contribution < 1.29 is 9.59 Å². The van der Waals surface area contributed by atoms with Gasteiger partial charge in [0, 0.05) is 12.5 Å². The van der Waals surface area contributed by atoms with Crippen LogP contribution in [0.4, 0.5) is 0 Å². The Morgan fingerprint density at radius 1 is 1.89 bits per heavy atom. The number of carbonyl (C=O) groups excluding carboxylic acids is 2. The Hall–Kier alpha value is -1.08. The van der Waals surface area contributed by atoms with E-state index in [4.69, 9.17) is 5.73 Å². The molecule has 0 fully saturated rings. The minimum atomic E-state index is -0.394. The van der Waals surface area contributed by atoms with Crippen molar-refractivity contribution in [1.82, 2.24) is 0 Å². The van der Waals surface area contributed by atoms with E-state index in [2.05, 4.69) is 0 Å². The van der Waals surface area contributed by atoms with Crippen molar-refractivity contribution in [3.05, 3.63) is 6.08 Å². The van der Waals surface area contributed by atoms with Crippen LogP contribution in [0.2, 0.25) is 0 Å². The molecule has 0 rings (SSSR count). The average Bonchev–Trinajstić information content (AvgIpc) is 1.63. The van der Waals surface area contributed by atoms with Crippen LogP contribution >= 0.6 is 0 Å². The van der Waals surface area contributed by atoms with Crippen LogP contribution in [-0.4, -0.2) is 11.8 Å². The Morgan fingerprint density at radius 3 is 2.78 bits per heavy atom. The van der Waals surface area contributed by atoms with E-state index in [0.29, 0.717) is 0 Å². The summed E-state index contributed by atoms with van der Waals surface area (Å²) in [6, 6.07) is 0. The molecule has 0 unspecified atom stereocenters. The molecular formula is C6H9NO2. The number of hydrogen-bond acceptors (Lipinski definition) is 2. The molecule has 2 N–H and O–H groups in total. The van der Waals surface area contributed by atoms with E-state index in [0.717, 1.165) is 0 Å². The van der Waals surface area contributed by atoms with Crippen LogP contribution in [0.1, 0.15) is 13.3 Å². The van der Waals surface area contributed by atoms with Gasteiger partial charge in [-0.25, -0.2) is 4.79 Å². The molecule has 3 nitrogen and oxygen atoms in total. The molecule has 0 aromatic heterocycles. The monoisotopic (exact) mass is 127 g/mol. The highest BCUT2D eigenvalue weighted by Crippen LogP contribution is 1.98. The van der Waals surface area contributed by atoms with Crippen molar-refractivity contribution in [3.8, 4) is 0 Å². The largest absolute Gasteiger partial charge is 0.370 e. The van der Waals surface area contributed by atoms with E-state index in [-0.39, 0.29) is 12.3 Å². The van der Waals surface area contributed by atoms with E-state index >= 15 is 0 Å². The lowest BCUT2D eigenvalue weighted by molar-refractivity contribution is -0.118. The van der Waals surface area contributed by atoms with Crippen LogP contribution in [0.3, 0.4) is 0 Å². The smallest absolute Gasteiger partial charge is 0.218 e. The predicted molar refractivity (Wildman–Crippen MR) is 33.2 cm³/mol. The molecule has 1 atom stereocenters. The first-order valence-electron chi connectivity index (χ1n) is 2.66. The first-order chi connectivity index (χ1) is 4.16. The van der Waals surface area contributed by atoms with Crippen LogP contribution in [-0.2, 0) is 9.59 Å². The molecule has 0 bridgehead atoms. The van der Waals surface area contributed by atoms with E-state index in [1.165, 1.54) is 6.08 Å². The highest BCUT2D eigenvalue weighted by molar-refractivity contribution is 5.74. The van der Waals surface area contributed by atoms with Gasteiger partial charge in [-0.15, -0.1) is 0 Å². The Bertz CT molecular complexity index is 147. The molecule has 3 heteroatoms. The van der Waals surface area contributed by atoms with Gasteiger partial charge in [0.2, 0.25) is 5.91 Å². The number of allylic oxidation sites excluding steroid dienone is 1. The fourth-order valence-corrected chi connectivity index (χ4v) is 0.492. The third kappa shape index (κ3) is 4.78. The molecule has 0 saturated heterocycles. The Labute approximate surface area is 53.5 Å². The molecule has 0 aliphatic heterocycles. The fraction of sp³-hybridized carbons (Fsp3) is 0.500.